The third-order valence-corrected chi connectivity index (χ3v) is 5.66. The molecule has 0 aliphatic heterocycles. The molecular weight excluding hydrogens is 330 g/mol. The fraction of sp³-hybridized carbons (Fsp3) is 0.400. The molecule has 0 fully saturated rings. The molecule has 2 nitrogen and oxygen atoms in total. The van der Waals surface area contributed by atoms with E-state index in [2.05, 4.69) is 83.3 Å². The maximum absolute atomic E-state index is 12.6. The molecule has 0 saturated heterocycles. The van der Waals surface area contributed by atoms with Gasteiger partial charge in [-0.25, -0.2) is 0 Å². The van der Waals surface area contributed by atoms with Gasteiger partial charge in [0, 0.05) is 0 Å². The molecule has 1 atom stereocenters. The van der Waals surface area contributed by atoms with Crippen LogP contribution in [-0.2, 0) is 11.2 Å². The Labute approximate surface area is 164 Å². The highest BCUT2D eigenvalue weighted by Gasteiger charge is 2.30. The maximum Gasteiger partial charge on any atom is 0.244 e. The quantitative estimate of drug-likeness (QED) is 0.624. The molecule has 1 amide bonds. The van der Waals surface area contributed by atoms with Crippen molar-refractivity contribution in [3.05, 3.63) is 83.4 Å². The van der Waals surface area contributed by atoms with Crippen molar-refractivity contribution in [2.75, 3.05) is 0 Å². The summed E-state index contributed by atoms with van der Waals surface area (Å²) in [4.78, 5) is 12.6. The van der Waals surface area contributed by atoms with Crippen LogP contribution in [0.3, 0.4) is 0 Å². The molecule has 0 radical (unpaired) electrons. The van der Waals surface area contributed by atoms with Gasteiger partial charge in [-0.15, -0.1) is 0 Å². The average Bonchev–Trinajstić information content (AvgIpc) is 2.61. The third-order valence-electron chi connectivity index (χ3n) is 5.66. The highest BCUT2D eigenvalue weighted by atomic mass is 16.1. The number of nitrogens with one attached hydrogen (secondary N) is 1. The van der Waals surface area contributed by atoms with Gasteiger partial charge in [0.1, 0.15) is 0 Å². The number of aryl methyl sites for hydroxylation is 1. The van der Waals surface area contributed by atoms with E-state index < -0.39 is 0 Å². The number of carbonyl (C=O) groups is 1. The standard InChI is InChI=1S/C25H33NO/c1-19-12-14-20(15-13-19)18-22(21-10-8-7-9-11-21)26-23(27)16-17-25(5,6)24(2,3)4/h7-17,22H,18H2,1-6H3,(H,26,27). The number of rotatable bonds is 6. The first kappa shape index (κ1) is 21.0. The summed E-state index contributed by atoms with van der Waals surface area (Å²) in [5.41, 5.74) is 3.60. The second-order valence-electron chi connectivity index (χ2n) is 8.97. The lowest BCUT2D eigenvalue weighted by atomic mass is 9.69. The zero-order chi connectivity index (χ0) is 20.1. The summed E-state index contributed by atoms with van der Waals surface area (Å²) >= 11 is 0. The Morgan fingerprint density at radius 1 is 0.963 bits per heavy atom. The van der Waals surface area contributed by atoms with Crippen LogP contribution in [-0.4, -0.2) is 5.91 Å². The van der Waals surface area contributed by atoms with E-state index in [1.54, 1.807) is 6.08 Å². The Kier molecular flexibility index (Phi) is 6.64. The van der Waals surface area contributed by atoms with E-state index in [1.807, 2.05) is 24.3 Å². The van der Waals surface area contributed by atoms with Crippen molar-refractivity contribution < 1.29 is 4.79 Å². The van der Waals surface area contributed by atoms with Gasteiger partial charge in [-0.05, 0) is 41.4 Å². The summed E-state index contributed by atoms with van der Waals surface area (Å²) in [6.07, 6.45) is 4.49. The van der Waals surface area contributed by atoms with Gasteiger partial charge in [0.2, 0.25) is 5.91 Å². The van der Waals surface area contributed by atoms with Crippen LogP contribution in [0, 0.1) is 17.8 Å². The third kappa shape index (κ3) is 6.09. The first-order valence-corrected chi connectivity index (χ1v) is 9.69. The predicted octanol–water partition coefficient (Wildman–Crippen LogP) is 6.02. The number of amides is 1. The monoisotopic (exact) mass is 363 g/mol. The number of carbonyl (C=O) groups excluding carboxylic acids is 1. The number of benzene rings is 2. The Morgan fingerprint density at radius 2 is 1.56 bits per heavy atom. The summed E-state index contributed by atoms with van der Waals surface area (Å²) in [5, 5.41) is 3.19. The van der Waals surface area contributed by atoms with E-state index in [0.29, 0.717) is 0 Å². The van der Waals surface area contributed by atoms with Gasteiger partial charge in [-0.1, -0.05) is 101 Å². The van der Waals surface area contributed by atoms with Crippen molar-refractivity contribution in [1.82, 2.24) is 5.32 Å². The van der Waals surface area contributed by atoms with Crippen LogP contribution in [0.2, 0.25) is 0 Å². The normalized spacial score (nSPS) is 13.6. The molecule has 0 bridgehead atoms. The Morgan fingerprint density at radius 3 is 2.11 bits per heavy atom. The van der Waals surface area contributed by atoms with Gasteiger partial charge in [0.25, 0.3) is 0 Å². The van der Waals surface area contributed by atoms with Crippen molar-refractivity contribution in [3.63, 3.8) is 0 Å². The molecule has 0 aliphatic carbocycles. The van der Waals surface area contributed by atoms with E-state index in [9.17, 15) is 4.79 Å². The lowest BCUT2D eigenvalue weighted by Gasteiger charge is -2.36. The Bertz CT molecular complexity index is 764. The van der Waals surface area contributed by atoms with E-state index >= 15 is 0 Å². The number of allylic oxidation sites excluding steroid dienone is 1. The largest absolute Gasteiger partial charge is 0.345 e. The van der Waals surface area contributed by atoms with E-state index in [-0.39, 0.29) is 22.8 Å². The Hall–Kier alpha value is -2.35. The van der Waals surface area contributed by atoms with Crippen molar-refractivity contribution in [3.8, 4) is 0 Å². The van der Waals surface area contributed by atoms with Crippen LogP contribution < -0.4 is 5.32 Å². The lowest BCUT2D eigenvalue weighted by Crippen LogP contribution is -2.30. The van der Waals surface area contributed by atoms with Gasteiger partial charge in [-0.2, -0.15) is 0 Å². The molecule has 0 spiro atoms. The van der Waals surface area contributed by atoms with Crippen LogP contribution in [0.25, 0.3) is 0 Å². The maximum atomic E-state index is 12.6. The molecule has 27 heavy (non-hydrogen) atoms. The lowest BCUT2D eigenvalue weighted by molar-refractivity contribution is -0.117. The molecule has 2 heteroatoms. The molecule has 2 aromatic carbocycles. The van der Waals surface area contributed by atoms with Gasteiger partial charge < -0.3 is 5.32 Å². The molecule has 2 rings (SSSR count). The fourth-order valence-corrected chi connectivity index (χ4v) is 2.65. The minimum Gasteiger partial charge on any atom is -0.345 e. The molecule has 144 valence electrons. The molecule has 1 unspecified atom stereocenters. The van der Waals surface area contributed by atoms with Crippen molar-refractivity contribution in [2.45, 2.75) is 54.0 Å². The highest BCUT2D eigenvalue weighted by molar-refractivity contribution is 5.88. The van der Waals surface area contributed by atoms with Crippen LogP contribution in [0.1, 0.15) is 57.4 Å². The molecule has 0 saturated carbocycles. The second-order valence-corrected chi connectivity index (χ2v) is 8.97. The fourth-order valence-electron chi connectivity index (χ4n) is 2.65. The first-order valence-electron chi connectivity index (χ1n) is 9.69. The minimum absolute atomic E-state index is 0.0479. The van der Waals surface area contributed by atoms with Crippen LogP contribution in [0.15, 0.2) is 66.7 Å². The molecule has 0 heterocycles. The molecule has 0 aromatic heterocycles. The molecule has 0 aliphatic rings. The first-order chi connectivity index (χ1) is 12.6. The zero-order valence-electron chi connectivity index (χ0n) is 17.5. The van der Waals surface area contributed by atoms with E-state index in [4.69, 9.17) is 0 Å². The van der Waals surface area contributed by atoms with Crippen LogP contribution >= 0.6 is 0 Å². The topological polar surface area (TPSA) is 29.1 Å². The average molecular weight is 364 g/mol. The molecule has 2 aromatic rings. The summed E-state index contributed by atoms with van der Waals surface area (Å²) in [7, 11) is 0. The van der Waals surface area contributed by atoms with Gasteiger partial charge in [-0.3, -0.25) is 4.79 Å². The summed E-state index contributed by atoms with van der Waals surface area (Å²) in [6.45, 7) is 13.0. The van der Waals surface area contributed by atoms with Crippen LogP contribution in [0.5, 0.6) is 0 Å². The van der Waals surface area contributed by atoms with Gasteiger partial charge in [0.15, 0.2) is 0 Å². The molecule has 1 N–H and O–H groups in total. The SMILES string of the molecule is Cc1ccc(CC(NC(=O)C=CC(C)(C)C(C)(C)C)c2ccccc2)cc1. The number of hydrogen-bond acceptors (Lipinski definition) is 1. The summed E-state index contributed by atoms with van der Waals surface area (Å²) in [6, 6.07) is 18.6. The van der Waals surface area contributed by atoms with E-state index in [0.717, 1.165) is 12.0 Å². The zero-order valence-corrected chi connectivity index (χ0v) is 17.5. The molecular formula is C25H33NO. The minimum atomic E-state index is -0.0659. The van der Waals surface area contributed by atoms with E-state index in [1.165, 1.54) is 11.1 Å². The van der Waals surface area contributed by atoms with Gasteiger partial charge in [0.05, 0.1) is 6.04 Å². The summed E-state index contributed by atoms with van der Waals surface area (Å²) < 4.78 is 0. The summed E-state index contributed by atoms with van der Waals surface area (Å²) in [5.74, 6) is -0.0479. The van der Waals surface area contributed by atoms with Crippen LogP contribution in [0.4, 0.5) is 0 Å². The van der Waals surface area contributed by atoms with Crippen molar-refractivity contribution in [2.24, 2.45) is 10.8 Å². The van der Waals surface area contributed by atoms with Crippen molar-refractivity contribution in [1.29, 1.82) is 0 Å². The highest BCUT2D eigenvalue weighted by Crippen LogP contribution is 2.38. The number of hydrogen-bond donors (Lipinski definition) is 1. The Balaban J connectivity index is 2.17. The van der Waals surface area contributed by atoms with Crippen molar-refractivity contribution >= 4 is 5.91 Å². The smallest absolute Gasteiger partial charge is 0.244 e. The second kappa shape index (κ2) is 8.56. The van der Waals surface area contributed by atoms with Gasteiger partial charge >= 0.3 is 0 Å². The predicted molar refractivity (Wildman–Crippen MR) is 115 cm³/mol.